The van der Waals surface area contributed by atoms with Crippen LogP contribution < -0.4 is 5.43 Å². The number of fused-ring (bicyclic) bond motifs is 1. The predicted octanol–water partition coefficient (Wildman–Crippen LogP) is 3.85. The van der Waals surface area contributed by atoms with Crippen LogP contribution in [0.1, 0.15) is 30.9 Å². The van der Waals surface area contributed by atoms with Gasteiger partial charge in [-0.3, -0.25) is 4.79 Å². The molecule has 1 aromatic heterocycles. The molecule has 0 spiro atoms. The summed E-state index contributed by atoms with van der Waals surface area (Å²) in [6.07, 6.45) is 4.96. The molecule has 9 heteroatoms. The third-order valence-electron chi connectivity index (χ3n) is 5.98. The number of carbonyl (C=O) groups is 1. The lowest BCUT2D eigenvalue weighted by Gasteiger charge is -2.30. The predicted molar refractivity (Wildman–Crippen MR) is 132 cm³/mol. The maximum atomic E-state index is 12.6. The maximum absolute atomic E-state index is 12.6. The average Bonchev–Trinajstić information content (AvgIpc) is 3.18. The Labute approximate surface area is 199 Å². The number of nitrogens with one attached hydrogen (secondary N) is 1. The zero-order valence-corrected chi connectivity index (χ0v) is 20.0. The van der Waals surface area contributed by atoms with Gasteiger partial charge in [0.15, 0.2) is 0 Å². The van der Waals surface area contributed by atoms with Crippen molar-refractivity contribution in [1.82, 2.24) is 14.3 Å². The summed E-state index contributed by atoms with van der Waals surface area (Å²) in [6.45, 7) is 2.97. The molecule has 1 amide bonds. The number of hydrogen-bond acceptors (Lipinski definition) is 4. The first-order valence-corrected chi connectivity index (χ1v) is 13.0. The van der Waals surface area contributed by atoms with E-state index in [0.29, 0.717) is 31.0 Å². The van der Waals surface area contributed by atoms with E-state index in [0.717, 1.165) is 22.0 Å². The Hall–Kier alpha value is -2.68. The lowest BCUT2D eigenvalue weighted by molar-refractivity contribution is -0.126. The Morgan fingerprint density at radius 3 is 2.73 bits per heavy atom. The highest BCUT2D eigenvalue weighted by Gasteiger charge is 2.31. The Balaban J connectivity index is 1.47. The quantitative estimate of drug-likeness (QED) is 0.406. The minimum atomic E-state index is -3.30. The van der Waals surface area contributed by atoms with Crippen LogP contribution in [0.25, 0.3) is 10.9 Å². The number of nitrogens with zero attached hydrogens (tertiary/aromatic N) is 3. The summed E-state index contributed by atoms with van der Waals surface area (Å²) in [5, 5.41) is 5.91. The van der Waals surface area contributed by atoms with Crippen LogP contribution in [0, 0.1) is 5.92 Å². The Morgan fingerprint density at radius 2 is 1.97 bits per heavy atom. The number of benzene rings is 2. The van der Waals surface area contributed by atoms with Crippen LogP contribution in [0.2, 0.25) is 5.02 Å². The highest BCUT2D eigenvalue weighted by atomic mass is 35.5. The minimum Gasteiger partial charge on any atom is -0.342 e. The van der Waals surface area contributed by atoms with Gasteiger partial charge in [0, 0.05) is 47.3 Å². The fourth-order valence-electron chi connectivity index (χ4n) is 4.14. The molecule has 1 unspecified atom stereocenters. The molecule has 0 radical (unpaired) electrons. The van der Waals surface area contributed by atoms with Crippen LogP contribution in [0.3, 0.4) is 0 Å². The zero-order valence-electron chi connectivity index (χ0n) is 18.4. The van der Waals surface area contributed by atoms with Crippen LogP contribution in [0.4, 0.5) is 0 Å². The molecule has 1 aliphatic heterocycles. The standard InChI is InChI=1S/C24H27ClN4O3S/c1-2-33(31,32)29-13-5-6-19(17-29)24(30)27-26-14-20-16-28(23-8-4-3-7-22(20)23)15-18-9-11-21(25)12-10-18/h3-4,7-12,14,16,19H,2,5-6,13,15,17H2,1H3,(H,27,30). The van der Waals surface area contributed by atoms with E-state index in [1.807, 2.05) is 54.7 Å². The lowest BCUT2D eigenvalue weighted by Crippen LogP contribution is -2.45. The summed E-state index contributed by atoms with van der Waals surface area (Å²) in [5.41, 5.74) is 5.68. The highest BCUT2D eigenvalue weighted by Crippen LogP contribution is 2.22. The van der Waals surface area contributed by atoms with Gasteiger partial charge in [0.1, 0.15) is 0 Å². The topological polar surface area (TPSA) is 83.8 Å². The summed E-state index contributed by atoms with van der Waals surface area (Å²) in [5.74, 6) is -0.616. The second kappa shape index (κ2) is 10.1. The third kappa shape index (κ3) is 5.46. The molecule has 1 N–H and O–H groups in total. The van der Waals surface area contributed by atoms with Gasteiger partial charge in [0.25, 0.3) is 0 Å². The SMILES string of the molecule is CCS(=O)(=O)N1CCCC(C(=O)NN=Cc2cn(Cc3ccc(Cl)cc3)c3ccccc23)C1. The molecule has 0 aliphatic carbocycles. The molecule has 1 fully saturated rings. The van der Waals surface area contributed by atoms with E-state index >= 15 is 0 Å². The molecule has 174 valence electrons. The Kier molecular flexibility index (Phi) is 7.17. The normalized spacial score (nSPS) is 17.6. The number of amides is 1. The van der Waals surface area contributed by atoms with Crippen molar-refractivity contribution in [3.05, 3.63) is 70.9 Å². The molecule has 33 heavy (non-hydrogen) atoms. The number of carbonyl (C=O) groups excluding carboxylic acids is 1. The first kappa shape index (κ1) is 23.5. The first-order chi connectivity index (χ1) is 15.9. The van der Waals surface area contributed by atoms with Gasteiger partial charge in [-0.2, -0.15) is 5.10 Å². The zero-order chi connectivity index (χ0) is 23.4. The second-order valence-electron chi connectivity index (χ2n) is 8.19. The van der Waals surface area contributed by atoms with Gasteiger partial charge in [-0.1, -0.05) is 41.9 Å². The van der Waals surface area contributed by atoms with Crippen LogP contribution in [0.15, 0.2) is 59.8 Å². The van der Waals surface area contributed by atoms with E-state index in [1.165, 1.54) is 4.31 Å². The van der Waals surface area contributed by atoms with Gasteiger partial charge in [-0.25, -0.2) is 18.1 Å². The molecule has 4 rings (SSSR count). The monoisotopic (exact) mass is 486 g/mol. The number of hydrazone groups is 1. The fourth-order valence-corrected chi connectivity index (χ4v) is 5.45. The smallest absolute Gasteiger partial charge is 0.244 e. The summed E-state index contributed by atoms with van der Waals surface area (Å²) in [7, 11) is -3.30. The van der Waals surface area contributed by atoms with Crippen molar-refractivity contribution in [2.24, 2.45) is 11.0 Å². The van der Waals surface area contributed by atoms with Gasteiger partial charge in [-0.05, 0) is 43.5 Å². The molecular formula is C24H27ClN4O3S. The van der Waals surface area contributed by atoms with Crippen LogP contribution in [-0.2, 0) is 21.4 Å². The van der Waals surface area contributed by atoms with E-state index in [1.54, 1.807) is 13.1 Å². The molecule has 0 bridgehead atoms. The Morgan fingerprint density at radius 1 is 1.21 bits per heavy atom. The number of hydrogen-bond donors (Lipinski definition) is 1. The second-order valence-corrected chi connectivity index (χ2v) is 10.9. The molecule has 2 heterocycles. The molecule has 3 aromatic rings. The number of halogens is 1. The molecular weight excluding hydrogens is 460 g/mol. The van der Waals surface area contributed by atoms with E-state index < -0.39 is 15.9 Å². The third-order valence-corrected chi connectivity index (χ3v) is 8.08. The maximum Gasteiger partial charge on any atom is 0.244 e. The molecule has 2 aromatic carbocycles. The largest absolute Gasteiger partial charge is 0.342 e. The van der Waals surface area contributed by atoms with Crippen molar-refractivity contribution in [2.75, 3.05) is 18.8 Å². The van der Waals surface area contributed by atoms with Crippen molar-refractivity contribution in [1.29, 1.82) is 0 Å². The van der Waals surface area contributed by atoms with Crippen molar-refractivity contribution in [3.63, 3.8) is 0 Å². The van der Waals surface area contributed by atoms with Crippen LogP contribution >= 0.6 is 11.6 Å². The highest BCUT2D eigenvalue weighted by molar-refractivity contribution is 7.89. The van der Waals surface area contributed by atoms with E-state index in [4.69, 9.17) is 11.6 Å². The number of aromatic nitrogens is 1. The Bertz CT molecular complexity index is 1270. The number of rotatable bonds is 7. The fraction of sp³-hybridized carbons (Fsp3) is 0.333. The van der Waals surface area contributed by atoms with Crippen molar-refractivity contribution >= 4 is 44.6 Å². The van der Waals surface area contributed by atoms with Crippen molar-refractivity contribution < 1.29 is 13.2 Å². The number of piperidine rings is 1. The van der Waals surface area contributed by atoms with Crippen molar-refractivity contribution in [2.45, 2.75) is 26.3 Å². The summed E-state index contributed by atoms with van der Waals surface area (Å²) in [4.78, 5) is 12.6. The number of para-hydroxylation sites is 1. The summed E-state index contributed by atoms with van der Waals surface area (Å²) < 4.78 is 27.9. The lowest BCUT2D eigenvalue weighted by atomic mass is 9.99. The van der Waals surface area contributed by atoms with E-state index in [9.17, 15) is 13.2 Å². The van der Waals surface area contributed by atoms with Gasteiger partial charge in [0.05, 0.1) is 17.9 Å². The van der Waals surface area contributed by atoms with Crippen LogP contribution in [0.5, 0.6) is 0 Å². The van der Waals surface area contributed by atoms with Gasteiger partial charge in [0.2, 0.25) is 15.9 Å². The first-order valence-electron chi connectivity index (χ1n) is 11.0. The van der Waals surface area contributed by atoms with Gasteiger partial charge < -0.3 is 4.57 Å². The summed E-state index contributed by atoms with van der Waals surface area (Å²) >= 11 is 6.00. The minimum absolute atomic E-state index is 0.0412. The number of sulfonamides is 1. The molecule has 7 nitrogen and oxygen atoms in total. The van der Waals surface area contributed by atoms with Crippen LogP contribution in [-0.4, -0.2) is 48.3 Å². The van der Waals surface area contributed by atoms with E-state index in [-0.39, 0.29) is 18.2 Å². The summed E-state index contributed by atoms with van der Waals surface area (Å²) in [6, 6.07) is 15.8. The molecule has 1 aliphatic rings. The molecule has 1 saturated heterocycles. The van der Waals surface area contributed by atoms with E-state index in [2.05, 4.69) is 15.1 Å². The van der Waals surface area contributed by atoms with Gasteiger partial charge >= 0.3 is 0 Å². The molecule has 0 saturated carbocycles. The van der Waals surface area contributed by atoms with Crippen molar-refractivity contribution in [3.8, 4) is 0 Å². The van der Waals surface area contributed by atoms with Gasteiger partial charge in [-0.15, -0.1) is 0 Å². The average molecular weight is 487 g/mol. The molecule has 1 atom stereocenters.